The molecule has 1 atom stereocenters. The fourth-order valence-corrected chi connectivity index (χ4v) is 4.56. The Morgan fingerprint density at radius 2 is 2.09 bits per heavy atom. The normalized spacial score (nSPS) is 16.0. The number of carbonyl (C=O) groups is 1. The number of nitrogens with zero attached hydrogens (tertiary/aromatic N) is 4. The average Bonchev–Trinajstić information content (AvgIpc) is 3.26. The Balaban J connectivity index is 1.29. The van der Waals surface area contributed by atoms with Gasteiger partial charge >= 0.3 is 5.69 Å². The lowest BCUT2D eigenvalue weighted by Gasteiger charge is -2.16. The van der Waals surface area contributed by atoms with Gasteiger partial charge in [-0.1, -0.05) is 31.2 Å². The molecule has 5 rings (SSSR count). The van der Waals surface area contributed by atoms with Crippen LogP contribution in [0.1, 0.15) is 47.2 Å². The standard InChI is InChI=1S/C24H26N6O2/c1-2-18-19-7-3-4-8-20(19)27-22(18)23(31)26-17-9-10-21-28-30(24(32)29(21)13-11-17)15-16-6-5-12-25-14-16/h3-8,12,14,17,27H,2,9-11,13,15H2,1H3,(H,26,31). The molecule has 1 aliphatic heterocycles. The average molecular weight is 431 g/mol. The predicted octanol–water partition coefficient (Wildman–Crippen LogP) is 2.67. The van der Waals surface area contributed by atoms with E-state index in [0.717, 1.165) is 40.7 Å². The van der Waals surface area contributed by atoms with E-state index >= 15 is 0 Å². The number of carbonyl (C=O) groups excluding carboxylic acids is 1. The summed E-state index contributed by atoms with van der Waals surface area (Å²) in [6, 6.07) is 11.8. The second-order valence-electron chi connectivity index (χ2n) is 8.24. The first-order chi connectivity index (χ1) is 15.6. The lowest BCUT2D eigenvalue weighted by Crippen LogP contribution is -2.36. The fourth-order valence-electron chi connectivity index (χ4n) is 4.56. The second-order valence-corrected chi connectivity index (χ2v) is 8.24. The van der Waals surface area contributed by atoms with Gasteiger partial charge in [0.2, 0.25) is 0 Å². The van der Waals surface area contributed by atoms with Crippen molar-refractivity contribution in [3.63, 3.8) is 0 Å². The number of fused-ring (bicyclic) bond motifs is 2. The number of para-hydroxylation sites is 1. The first kappa shape index (κ1) is 20.2. The van der Waals surface area contributed by atoms with E-state index < -0.39 is 0 Å². The van der Waals surface area contributed by atoms with Gasteiger partial charge < -0.3 is 10.3 Å². The lowest BCUT2D eigenvalue weighted by atomic mass is 10.1. The summed E-state index contributed by atoms with van der Waals surface area (Å²) < 4.78 is 3.24. The van der Waals surface area contributed by atoms with E-state index in [1.54, 1.807) is 17.0 Å². The molecule has 1 aromatic carbocycles. The molecule has 1 unspecified atom stereocenters. The van der Waals surface area contributed by atoms with Crippen LogP contribution < -0.4 is 11.0 Å². The van der Waals surface area contributed by atoms with Crippen molar-refractivity contribution >= 4 is 16.8 Å². The topological polar surface area (TPSA) is 97.6 Å². The van der Waals surface area contributed by atoms with Gasteiger partial charge in [-0.2, -0.15) is 5.10 Å². The minimum atomic E-state index is -0.111. The molecule has 0 fully saturated rings. The number of H-pyrrole nitrogens is 1. The quantitative estimate of drug-likeness (QED) is 0.509. The molecular weight excluding hydrogens is 404 g/mol. The molecule has 0 saturated carbocycles. The van der Waals surface area contributed by atoms with Crippen LogP contribution in [-0.4, -0.2) is 36.3 Å². The van der Waals surface area contributed by atoms with Gasteiger partial charge in [-0.15, -0.1) is 0 Å². The van der Waals surface area contributed by atoms with E-state index in [0.29, 0.717) is 31.6 Å². The summed E-state index contributed by atoms with van der Waals surface area (Å²) in [6.45, 7) is 3.01. The molecular formula is C24H26N6O2. The maximum absolute atomic E-state index is 13.1. The number of hydrogen-bond donors (Lipinski definition) is 2. The van der Waals surface area contributed by atoms with Crippen LogP contribution in [0, 0.1) is 0 Å². The zero-order chi connectivity index (χ0) is 22.1. The van der Waals surface area contributed by atoms with Crippen molar-refractivity contribution in [2.45, 2.75) is 51.7 Å². The molecule has 8 nitrogen and oxygen atoms in total. The molecule has 0 bridgehead atoms. The Bertz CT molecular complexity index is 1320. The Morgan fingerprint density at radius 3 is 2.91 bits per heavy atom. The zero-order valence-electron chi connectivity index (χ0n) is 18.0. The number of rotatable bonds is 5. The van der Waals surface area contributed by atoms with E-state index in [4.69, 9.17) is 0 Å². The molecule has 0 spiro atoms. The summed E-state index contributed by atoms with van der Waals surface area (Å²) in [5.74, 6) is 0.687. The largest absolute Gasteiger partial charge is 0.350 e. The van der Waals surface area contributed by atoms with Crippen LogP contribution in [0.2, 0.25) is 0 Å². The minimum absolute atomic E-state index is 0.00788. The van der Waals surface area contributed by atoms with Crippen LogP contribution in [0.5, 0.6) is 0 Å². The molecule has 4 aromatic rings. The number of nitrogens with one attached hydrogen (secondary N) is 2. The van der Waals surface area contributed by atoms with Crippen molar-refractivity contribution < 1.29 is 4.79 Å². The first-order valence-corrected chi connectivity index (χ1v) is 11.1. The van der Waals surface area contributed by atoms with Gasteiger partial charge in [0.1, 0.15) is 11.5 Å². The van der Waals surface area contributed by atoms with Gasteiger partial charge in [0.25, 0.3) is 5.91 Å². The van der Waals surface area contributed by atoms with Crippen LogP contribution >= 0.6 is 0 Å². The number of hydrogen-bond acceptors (Lipinski definition) is 4. The number of aromatic amines is 1. The number of pyridine rings is 1. The number of amides is 1. The summed E-state index contributed by atoms with van der Waals surface area (Å²) in [5, 5.41) is 8.83. The highest BCUT2D eigenvalue weighted by molar-refractivity contribution is 6.01. The molecule has 0 saturated heterocycles. The van der Waals surface area contributed by atoms with Crippen LogP contribution in [-0.2, 0) is 25.9 Å². The van der Waals surface area contributed by atoms with Gasteiger partial charge in [-0.05, 0) is 42.5 Å². The van der Waals surface area contributed by atoms with E-state index in [-0.39, 0.29) is 17.6 Å². The third-order valence-corrected chi connectivity index (χ3v) is 6.20. The fraction of sp³-hybridized carbons (Fsp3) is 0.333. The Kier molecular flexibility index (Phi) is 5.34. The third kappa shape index (κ3) is 3.72. The smallest absolute Gasteiger partial charge is 0.346 e. The highest BCUT2D eigenvalue weighted by atomic mass is 16.2. The van der Waals surface area contributed by atoms with Crippen LogP contribution in [0.3, 0.4) is 0 Å². The summed E-state index contributed by atoms with van der Waals surface area (Å²) in [4.78, 5) is 33.3. The van der Waals surface area contributed by atoms with Crippen molar-refractivity contribution in [1.29, 1.82) is 0 Å². The van der Waals surface area contributed by atoms with E-state index in [1.165, 1.54) is 4.68 Å². The van der Waals surface area contributed by atoms with Gasteiger partial charge in [-0.25, -0.2) is 9.48 Å². The molecule has 4 heterocycles. The summed E-state index contributed by atoms with van der Waals surface area (Å²) >= 11 is 0. The van der Waals surface area contributed by atoms with E-state index in [9.17, 15) is 9.59 Å². The van der Waals surface area contributed by atoms with Gasteiger partial charge in [0.05, 0.1) is 6.54 Å². The molecule has 1 aliphatic rings. The summed E-state index contributed by atoms with van der Waals surface area (Å²) in [5.41, 5.74) is 3.48. The third-order valence-electron chi connectivity index (χ3n) is 6.20. The molecule has 3 aromatic heterocycles. The highest BCUT2D eigenvalue weighted by Gasteiger charge is 2.24. The molecule has 0 aliphatic carbocycles. The highest BCUT2D eigenvalue weighted by Crippen LogP contribution is 2.23. The van der Waals surface area contributed by atoms with Crippen LogP contribution in [0.25, 0.3) is 10.9 Å². The zero-order valence-corrected chi connectivity index (χ0v) is 18.0. The lowest BCUT2D eigenvalue weighted by molar-refractivity contribution is 0.0927. The van der Waals surface area contributed by atoms with Crippen molar-refractivity contribution in [2.24, 2.45) is 0 Å². The molecule has 32 heavy (non-hydrogen) atoms. The number of benzene rings is 1. The Labute approximate surface area is 185 Å². The summed E-state index contributed by atoms with van der Waals surface area (Å²) in [6.07, 6.45) is 6.33. The van der Waals surface area contributed by atoms with E-state index in [2.05, 4.69) is 27.3 Å². The van der Waals surface area contributed by atoms with Crippen LogP contribution in [0.15, 0.2) is 53.6 Å². The molecule has 0 radical (unpaired) electrons. The second kappa shape index (κ2) is 8.45. The molecule has 8 heteroatoms. The van der Waals surface area contributed by atoms with E-state index in [1.807, 2.05) is 36.4 Å². The van der Waals surface area contributed by atoms with Crippen molar-refractivity contribution in [2.75, 3.05) is 0 Å². The van der Waals surface area contributed by atoms with Gasteiger partial charge in [0.15, 0.2) is 0 Å². The van der Waals surface area contributed by atoms with Crippen molar-refractivity contribution in [3.8, 4) is 0 Å². The monoisotopic (exact) mass is 430 g/mol. The predicted molar refractivity (Wildman–Crippen MR) is 122 cm³/mol. The minimum Gasteiger partial charge on any atom is -0.350 e. The number of aryl methyl sites for hydroxylation is 2. The van der Waals surface area contributed by atoms with Crippen molar-refractivity contribution in [3.05, 3.63) is 81.9 Å². The van der Waals surface area contributed by atoms with Gasteiger partial charge in [0, 0.05) is 42.3 Å². The molecule has 164 valence electrons. The molecule has 2 N–H and O–H groups in total. The molecule has 1 amide bonds. The van der Waals surface area contributed by atoms with Gasteiger partial charge in [-0.3, -0.25) is 14.3 Å². The van der Waals surface area contributed by atoms with Crippen LogP contribution in [0.4, 0.5) is 0 Å². The number of aromatic nitrogens is 5. The Morgan fingerprint density at radius 1 is 1.22 bits per heavy atom. The maximum Gasteiger partial charge on any atom is 0.346 e. The Hall–Kier alpha value is -3.68. The SMILES string of the molecule is CCc1c(C(=O)NC2CCc3nn(Cc4cccnc4)c(=O)n3CC2)[nH]c2ccccc12. The maximum atomic E-state index is 13.1. The summed E-state index contributed by atoms with van der Waals surface area (Å²) in [7, 11) is 0. The van der Waals surface area contributed by atoms with Crippen molar-refractivity contribution in [1.82, 2.24) is 29.6 Å². The first-order valence-electron chi connectivity index (χ1n) is 11.1.